The lowest BCUT2D eigenvalue weighted by Gasteiger charge is -2.29. The summed E-state index contributed by atoms with van der Waals surface area (Å²) in [5.74, 6) is 0. The van der Waals surface area contributed by atoms with Crippen LogP contribution in [-0.2, 0) is 0 Å². The highest BCUT2D eigenvalue weighted by Gasteiger charge is 2.23. The van der Waals surface area contributed by atoms with Gasteiger partial charge in [-0.25, -0.2) is 0 Å². The Morgan fingerprint density at radius 1 is 1.31 bits per heavy atom. The van der Waals surface area contributed by atoms with Gasteiger partial charge >= 0.3 is 0 Å². The van der Waals surface area contributed by atoms with E-state index in [-0.39, 0.29) is 12.1 Å². The third kappa shape index (κ3) is 2.45. The van der Waals surface area contributed by atoms with Crippen LogP contribution in [0.4, 0.5) is 0 Å². The number of aliphatic hydroxyl groups is 1. The third-order valence-electron chi connectivity index (χ3n) is 3.47. The molecule has 1 saturated heterocycles. The van der Waals surface area contributed by atoms with Crippen LogP contribution in [-0.4, -0.2) is 17.7 Å². The molecule has 2 rings (SSSR count). The number of piperidine rings is 1. The molecule has 0 bridgehead atoms. The van der Waals surface area contributed by atoms with E-state index >= 15 is 0 Å². The molecule has 2 N–H and O–H groups in total. The van der Waals surface area contributed by atoms with E-state index in [4.69, 9.17) is 0 Å². The molecule has 0 aliphatic carbocycles. The Hall–Kier alpha value is -0.860. The first kappa shape index (κ1) is 11.6. The van der Waals surface area contributed by atoms with Crippen LogP contribution in [0.1, 0.15) is 42.1 Å². The molecule has 0 saturated carbocycles. The quantitative estimate of drug-likeness (QED) is 0.801. The molecule has 1 aromatic rings. The summed E-state index contributed by atoms with van der Waals surface area (Å²) in [6, 6.07) is 6.51. The zero-order valence-electron chi connectivity index (χ0n) is 10.2. The molecule has 0 radical (unpaired) electrons. The molecule has 0 amide bonds. The molecule has 2 unspecified atom stereocenters. The largest absolute Gasteiger partial charge is 0.387 e. The van der Waals surface area contributed by atoms with Crippen LogP contribution < -0.4 is 5.32 Å². The standard InChI is InChI=1S/C14H21NO/c1-10-6-7-12(11(2)9-10)14(16)13-5-3-4-8-15-13/h6-7,9,13-16H,3-5,8H2,1-2H3. The maximum atomic E-state index is 10.4. The van der Waals surface area contributed by atoms with Crippen LogP contribution >= 0.6 is 0 Å². The van der Waals surface area contributed by atoms with Gasteiger partial charge in [0.05, 0.1) is 6.10 Å². The zero-order chi connectivity index (χ0) is 11.5. The first-order valence-electron chi connectivity index (χ1n) is 6.17. The van der Waals surface area contributed by atoms with Crippen molar-refractivity contribution in [2.45, 2.75) is 45.3 Å². The van der Waals surface area contributed by atoms with Crippen LogP contribution in [0.3, 0.4) is 0 Å². The highest BCUT2D eigenvalue weighted by Crippen LogP contribution is 2.25. The third-order valence-corrected chi connectivity index (χ3v) is 3.47. The van der Waals surface area contributed by atoms with Crippen LogP contribution in [0.5, 0.6) is 0 Å². The van der Waals surface area contributed by atoms with Crippen molar-refractivity contribution in [3.8, 4) is 0 Å². The smallest absolute Gasteiger partial charge is 0.0945 e. The number of nitrogens with one attached hydrogen (secondary N) is 1. The van der Waals surface area contributed by atoms with E-state index in [2.05, 4.69) is 37.4 Å². The van der Waals surface area contributed by atoms with Gasteiger partial charge in [0, 0.05) is 6.04 Å². The van der Waals surface area contributed by atoms with E-state index in [9.17, 15) is 5.11 Å². The van der Waals surface area contributed by atoms with Crippen molar-refractivity contribution in [2.75, 3.05) is 6.54 Å². The lowest BCUT2D eigenvalue weighted by Crippen LogP contribution is -2.39. The lowest BCUT2D eigenvalue weighted by molar-refractivity contribution is 0.113. The van der Waals surface area contributed by atoms with Crippen molar-refractivity contribution in [3.05, 3.63) is 34.9 Å². The van der Waals surface area contributed by atoms with E-state index in [1.54, 1.807) is 0 Å². The molecule has 2 atom stereocenters. The van der Waals surface area contributed by atoms with E-state index < -0.39 is 0 Å². The molecule has 16 heavy (non-hydrogen) atoms. The molecule has 0 spiro atoms. The molecule has 1 heterocycles. The van der Waals surface area contributed by atoms with Gasteiger partial charge in [0.25, 0.3) is 0 Å². The number of rotatable bonds is 2. The Labute approximate surface area is 97.7 Å². The first-order chi connectivity index (χ1) is 7.68. The summed E-state index contributed by atoms with van der Waals surface area (Å²) in [7, 11) is 0. The van der Waals surface area contributed by atoms with Crippen LogP contribution in [0.25, 0.3) is 0 Å². The Bertz CT molecular complexity index is 356. The minimum atomic E-state index is -0.360. The summed E-state index contributed by atoms with van der Waals surface area (Å²) in [6.45, 7) is 5.20. The van der Waals surface area contributed by atoms with Crippen LogP contribution in [0.2, 0.25) is 0 Å². The number of aliphatic hydroxyl groups excluding tert-OH is 1. The van der Waals surface area contributed by atoms with E-state index in [0.29, 0.717) is 0 Å². The molecule has 1 aliphatic heterocycles. The normalized spacial score (nSPS) is 23.1. The van der Waals surface area contributed by atoms with Crippen molar-refractivity contribution in [2.24, 2.45) is 0 Å². The Balaban J connectivity index is 2.15. The fraction of sp³-hybridized carbons (Fsp3) is 0.571. The second kappa shape index (κ2) is 4.98. The highest BCUT2D eigenvalue weighted by molar-refractivity contribution is 5.32. The highest BCUT2D eigenvalue weighted by atomic mass is 16.3. The predicted octanol–water partition coefficient (Wildman–Crippen LogP) is 2.48. The van der Waals surface area contributed by atoms with Crippen molar-refractivity contribution in [3.63, 3.8) is 0 Å². The molecular weight excluding hydrogens is 198 g/mol. The average Bonchev–Trinajstić information content (AvgIpc) is 2.29. The molecule has 2 nitrogen and oxygen atoms in total. The van der Waals surface area contributed by atoms with E-state index in [0.717, 1.165) is 18.5 Å². The maximum Gasteiger partial charge on any atom is 0.0945 e. The summed E-state index contributed by atoms with van der Waals surface area (Å²) in [5, 5.41) is 13.8. The minimum Gasteiger partial charge on any atom is -0.387 e. The van der Waals surface area contributed by atoms with Crippen molar-refractivity contribution >= 4 is 0 Å². The maximum absolute atomic E-state index is 10.4. The molecule has 1 fully saturated rings. The van der Waals surface area contributed by atoms with Gasteiger partial charge in [-0.05, 0) is 44.4 Å². The number of benzene rings is 1. The van der Waals surface area contributed by atoms with Gasteiger partial charge in [-0.1, -0.05) is 30.2 Å². The van der Waals surface area contributed by atoms with Crippen molar-refractivity contribution < 1.29 is 5.11 Å². The lowest BCUT2D eigenvalue weighted by atomic mass is 9.92. The second-order valence-electron chi connectivity index (χ2n) is 4.86. The summed E-state index contributed by atoms with van der Waals surface area (Å²) in [6.07, 6.45) is 3.17. The molecule has 0 aromatic heterocycles. The Morgan fingerprint density at radius 3 is 2.75 bits per heavy atom. The fourth-order valence-electron chi connectivity index (χ4n) is 2.52. The fourth-order valence-corrected chi connectivity index (χ4v) is 2.52. The van der Waals surface area contributed by atoms with Gasteiger partial charge in [0.15, 0.2) is 0 Å². The summed E-state index contributed by atoms with van der Waals surface area (Å²) >= 11 is 0. The van der Waals surface area contributed by atoms with Crippen molar-refractivity contribution in [1.29, 1.82) is 0 Å². The van der Waals surface area contributed by atoms with Crippen LogP contribution in [0, 0.1) is 13.8 Å². The Kier molecular flexibility index (Phi) is 3.62. The summed E-state index contributed by atoms with van der Waals surface area (Å²) in [4.78, 5) is 0. The first-order valence-corrected chi connectivity index (χ1v) is 6.17. The van der Waals surface area contributed by atoms with E-state index in [1.807, 2.05) is 0 Å². The van der Waals surface area contributed by atoms with Crippen molar-refractivity contribution in [1.82, 2.24) is 5.32 Å². The predicted molar refractivity (Wildman–Crippen MR) is 66.5 cm³/mol. The molecular formula is C14H21NO. The number of hydrogen-bond donors (Lipinski definition) is 2. The molecule has 1 aromatic carbocycles. The molecule has 88 valence electrons. The minimum absolute atomic E-state index is 0.232. The SMILES string of the molecule is Cc1ccc(C(O)C2CCCCN2)c(C)c1. The van der Waals surface area contributed by atoms with Gasteiger partial charge in [-0.2, -0.15) is 0 Å². The van der Waals surface area contributed by atoms with E-state index in [1.165, 1.54) is 24.0 Å². The Morgan fingerprint density at radius 2 is 2.12 bits per heavy atom. The number of aryl methyl sites for hydroxylation is 2. The second-order valence-corrected chi connectivity index (χ2v) is 4.86. The average molecular weight is 219 g/mol. The van der Waals surface area contributed by atoms with Gasteiger partial charge in [0.1, 0.15) is 0 Å². The van der Waals surface area contributed by atoms with Gasteiger partial charge < -0.3 is 10.4 Å². The summed E-state index contributed by atoms with van der Waals surface area (Å²) in [5.41, 5.74) is 3.52. The number of hydrogen-bond acceptors (Lipinski definition) is 2. The summed E-state index contributed by atoms with van der Waals surface area (Å²) < 4.78 is 0. The van der Waals surface area contributed by atoms with Gasteiger partial charge in [-0.3, -0.25) is 0 Å². The molecule has 2 heteroatoms. The van der Waals surface area contributed by atoms with Gasteiger partial charge in [-0.15, -0.1) is 0 Å². The topological polar surface area (TPSA) is 32.3 Å². The monoisotopic (exact) mass is 219 g/mol. The van der Waals surface area contributed by atoms with Crippen LogP contribution in [0.15, 0.2) is 18.2 Å². The molecule has 1 aliphatic rings. The zero-order valence-corrected chi connectivity index (χ0v) is 10.2. The van der Waals surface area contributed by atoms with Gasteiger partial charge in [0.2, 0.25) is 0 Å².